The third kappa shape index (κ3) is 3.66. The Bertz CT molecular complexity index is 770. The number of hydrogen-bond acceptors (Lipinski definition) is 5. The number of nitrogens with one attached hydrogen (secondary N) is 1. The van der Waals surface area contributed by atoms with Crippen LogP contribution in [0.4, 0.5) is 14.6 Å². The Morgan fingerprint density at radius 3 is 2.41 bits per heavy atom. The fourth-order valence-electron chi connectivity index (χ4n) is 1.70. The van der Waals surface area contributed by atoms with Gasteiger partial charge in [-0.25, -0.2) is 18.7 Å². The number of hydrogen-bond donors (Lipinski definition) is 1. The van der Waals surface area contributed by atoms with Gasteiger partial charge in [-0.3, -0.25) is 0 Å². The van der Waals surface area contributed by atoms with Gasteiger partial charge in [0.15, 0.2) is 22.3 Å². The Hall–Kier alpha value is -1.86. The lowest BCUT2D eigenvalue weighted by molar-refractivity contribution is 0.508. The Kier molecular flexibility index (Phi) is 4.44. The molecule has 1 aliphatic carbocycles. The van der Waals surface area contributed by atoms with Gasteiger partial charge in [0.25, 0.3) is 0 Å². The van der Waals surface area contributed by atoms with Gasteiger partial charge in [-0.15, -0.1) is 11.3 Å². The lowest BCUT2D eigenvalue weighted by Crippen LogP contribution is -2.04. The summed E-state index contributed by atoms with van der Waals surface area (Å²) in [6, 6.07) is 5.59. The minimum absolute atomic E-state index is 0.282. The van der Waals surface area contributed by atoms with Crippen molar-refractivity contribution in [1.82, 2.24) is 15.0 Å². The minimum atomic E-state index is -0.799. The molecule has 1 aliphatic rings. The van der Waals surface area contributed by atoms with E-state index in [9.17, 15) is 8.78 Å². The summed E-state index contributed by atoms with van der Waals surface area (Å²) in [7, 11) is 0. The second-order valence-corrected chi connectivity index (χ2v) is 5.85. The molecule has 4 rings (SSSR count). The van der Waals surface area contributed by atoms with Crippen molar-refractivity contribution in [2.75, 3.05) is 5.32 Å². The maximum Gasteiger partial charge on any atom is 0.225 e. The van der Waals surface area contributed by atoms with Crippen LogP contribution in [-0.4, -0.2) is 21.0 Å². The van der Waals surface area contributed by atoms with E-state index >= 15 is 0 Å². The van der Waals surface area contributed by atoms with E-state index in [0.717, 1.165) is 28.3 Å². The molecule has 8 heteroatoms. The molecule has 114 valence electrons. The van der Waals surface area contributed by atoms with Crippen molar-refractivity contribution >= 4 is 39.1 Å². The van der Waals surface area contributed by atoms with Gasteiger partial charge < -0.3 is 5.32 Å². The van der Waals surface area contributed by atoms with Crippen LogP contribution in [0.5, 0.6) is 0 Å². The quantitative estimate of drug-likeness (QED) is 0.707. The van der Waals surface area contributed by atoms with E-state index in [1.165, 1.54) is 36.3 Å². The molecule has 4 nitrogen and oxygen atoms in total. The Morgan fingerprint density at radius 2 is 1.82 bits per heavy atom. The molecule has 0 atom stereocenters. The van der Waals surface area contributed by atoms with Crippen LogP contribution >= 0.6 is 22.9 Å². The molecule has 0 saturated heterocycles. The summed E-state index contributed by atoms with van der Waals surface area (Å²) in [5.41, 5.74) is 2.58. The van der Waals surface area contributed by atoms with Gasteiger partial charge in [0.05, 0.1) is 5.51 Å². The molecular formula is C14H11ClF2N4S. The second-order valence-electron chi connectivity index (χ2n) is 4.68. The van der Waals surface area contributed by atoms with Crippen LogP contribution in [0.1, 0.15) is 12.8 Å². The highest BCUT2D eigenvalue weighted by Crippen LogP contribution is 2.29. The average Bonchev–Trinajstić information content (AvgIpc) is 3.17. The molecular weight excluding hydrogens is 330 g/mol. The first-order chi connectivity index (χ1) is 10.6. The van der Waals surface area contributed by atoms with E-state index in [4.69, 9.17) is 11.6 Å². The molecule has 3 aromatic rings. The normalized spacial score (nSPS) is 13.6. The lowest BCUT2D eigenvalue weighted by atomic mass is 10.3. The van der Waals surface area contributed by atoms with Gasteiger partial charge in [-0.05, 0) is 36.6 Å². The first-order valence-corrected chi connectivity index (χ1v) is 7.82. The molecule has 0 aliphatic heterocycles. The highest BCUT2D eigenvalue weighted by atomic mass is 35.5. The predicted octanol–water partition coefficient (Wildman–Crippen LogP) is 4.28. The van der Waals surface area contributed by atoms with Crippen LogP contribution in [0.25, 0.3) is 10.3 Å². The highest BCUT2D eigenvalue weighted by Gasteiger charge is 2.23. The van der Waals surface area contributed by atoms with Gasteiger partial charge in [0.1, 0.15) is 5.52 Å². The van der Waals surface area contributed by atoms with E-state index in [1.807, 2.05) is 0 Å². The predicted molar refractivity (Wildman–Crippen MR) is 83.2 cm³/mol. The number of halogens is 3. The molecule has 2 aromatic heterocycles. The summed E-state index contributed by atoms with van der Waals surface area (Å²) in [5.74, 6) is -0.830. The van der Waals surface area contributed by atoms with Crippen molar-refractivity contribution in [1.29, 1.82) is 0 Å². The molecule has 0 radical (unpaired) electrons. The summed E-state index contributed by atoms with van der Waals surface area (Å²) >= 11 is 7.28. The number of anilines is 1. The zero-order chi connectivity index (χ0) is 15.5. The third-order valence-electron chi connectivity index (χ3n) is 2.91. The van der Waals surface area contributed by atoms with Crippen molar-refractivity contribution < 1.29 is 8.78 Å². The van der Waals surface area contributed by atoms with Crippen molar-refractivity contribution in [2.24, 2.45) is 0 Å². The largest absolute Gasteiger partial charge is 0.365 e. The van der Waals surface area contributed by atoms with Crippen molar-refractivity contribution in [2.45, 2.75) is 18.9 Å². The number of nitrogens with zero attached hydrogens (tertiary/aromatic N) is 3. The molecule has 0 amide bonds. The van der Waals surface area contributed by atoms with Crippen LogP contribution < -0.4 is 5.32 Å². The fourth-order valence-corrected chi connectivity index (χ4v) is 2.57. The molecule has 1 N–H and O–H groups in total. The van der Waals surface area contributed by atoms with Gasteiger partial charge in [-0.2, -0.15) is 4.98 Å². The summed E-state index contributed by atoms with van der Waals surface area (Å²) < 4.78 is 23.9. The summed E-state index contributed by atoms with van der Waals surface area (Å²) in [4.78, 5) is 13.3. The van der Waals surface area contributed by atoms with Gasteiger partial charge in [-0.1, -0.05) is 12.1 Å². The molecule has 2 heterocycles. The average molecular weight is 341 g/mol. The van der Waals surface area contributed by atoms with Gasteiger partial charge in [0.2, 0.25) is 5.28 Å². The van der Waals surface area contributed by atoms with E-state index in [0.29, 0.717) is 6.04 Å². The number of aromatic nitrogens is 3. The van der Waals surface area contributed by atoms with Gasteiger partial charge in [0, 0.05) is 6.04 Å². The Balaban J connectivity index is 0.000000154. The number of thiazole rings is 1. The van der Waals surface area contributed by atoms with Crippen LogP contribution in [0.3, 0.4) is 0 Å². The third-order valence-corrected chi connectivity index (χ3v) is 3.80. The van der Waals surface area contributed by atoms with Crippen LogP contribution in [0.15, 0.2) is 29.8 Å². The molecule has 1 fully saturated rings. The topological polar surface area (TPSA) is 50.7 Å². The van der Waals surface area contributed by atoms with Crippen LogP contribution in [0, 0.1) is 11.6 Å². The van der Waals surface area contributed by atoms with Crippen molar-refractivity contribution in [3.8, 4) is 0 Å². The van der Waals surface area contributed by atoms with Gasteiger partial charge >= 0.3 is 0 Å². The zero-order valence-electron chi connectivity index (χ0n) is 11.3. The van der Waals surface area contributed by atoms with Crippen molar-refractivity contribution in [3.63, 3.8) is 0 Å². The van der Waals surface area contributed by atoms with E-state index < -0.39 is 11.6 Å². The minimum Gasteiger partial charge on any atom is -0.365 e. The Morgan fingerprint density at radius 1 is 1.14 bits per heavy atom. The lowest BCUT2D eigenvalue weighted by Gasteiger charge is -2.03. The maximum absolute atomic E-state index is 11.9. The second kappa shape index (κ2) is 6.50. The highest BCUT2D eigenvalue weighted by molar-refractivity contribution is 7.16. The zero-order valence-corrected chi connectivity index (χ0v) is 12.8. The number of benzene rings is 1. The van der Waals surface area contributed by atoms with Crippen LogP contribution in [-0.2, 0) is 0 Å². The standard InChI is InChI=1S/C8H7ClN4S.C6H4F2/c9-8-12-6(11-4-1-2-4)5-7(13-8)14-3-10-5;7-5-3-1-2-4-6(5)8/h3-4H,1-2H2,(H,11,12,13);1-4H. The first kappa shape index (κ1) is 15.1. The first-order valence-electron chi connectivity index (χ1n) is 6.57. The van der Waals surface area contributed by atoms with E-state index in [2.05, 4.69) is 20.3 Å². The molecule has 1 aromatic carbocycles. The summed E-state index contributed by atoms with van der Waals surface area (Å²) in [6.07, 6.45) is 2.40. The smallest absolute Gasteiger partial charge is 0.225 e. The molecule has 0 bridgehead atoms. The molecule has 1 saturated carbocycles. The van der Waals surface area contributed by atoms with Crippen LogP contribution in [0.2, 0.25) is 5.28 Å². The summed E-state index contributed by atoms with van der Waals surface area (Å²) in [6.45, 7) is 0. The number of rotatable bonds is 2. The molecule has 22 heavy (non-hydrogen) atoms. The van der Waals surface area contributed by atoms with E-state index in [-0.39, 0.29) is 5.28 Å². The van der Waals surface area contributed by atoms with E-state index in [1.54, 1.807) is 5.51 Å². The SMILES string of the molecule is Clc1nc(NC2CC2)c2ncsc2n1.Fc1ccccc1F. The summed E-state index contributed by atoms with van der Waals surface area (Å²) in [5, 5.41) is 3.58. The Labute approximate surface area is 134 Å². The molecule has 0 unspecified atom stereocenters. The molecule has 0 spiro atoms. The number of fused-ring (bicyclic) bond motifs is 1. The van der Waals surface area contributed by atoms with Crippen molar-refractivity contribution in [3.05, 3.63) is 46.7 Å². The maximum atomic E-state index is 11.9. The monoisotopic (exact) mass is 340 g/mol. The fraction of sp³-hybridized carbons (Fsp3) is 0.214.